The first-order valence-corrected chi connectivity index (χ1v) is 7.26. The number of carboxylic acids is 1. The van der Waals surface area contributed by atoms with Gasteiger partial charge in [0.05, 0.1) is 12.2 Å². The van der Waals surface area contributed by atoms with Gasteiger partial charge in [-0.1, -0.05) is 30.0 Å². The van der Waals surface area contributed by atoms with Crippen LogP contribution >= 0.6 is 11.8 Å². The van der Waals surface area contributed by atoms with Crippen LogP contribution in [0.25, 0.3) is 0 Å². The molecule has 0 saturated carbocycles. The molecule has 3 nitrogen and oxygen atoms in total. The molecule has 2 aromatic carbocycles. The highest BCUT2D eigenvalue weighted by molar-refractivity contribution is 7.99. The van der Waals surface area contributed by atoms with E-state index in [4.69, 9.17) is 5.11 Å². The molecule has 102 valence electrons. The van der Waals surface area contributed by atoms with Crippen molar-refractivity contribution in [2.24, 2.45) is 0 Å². The molecule has 0 spiro atoms. The van der Waals surface area contributed by atoms with E-state index in [-0.39, 0.29) is 6.61 Å². The van der Waals surface area contributed by atoms with Gasteiger partial charge >= 0.3 is 5.97 Å². The minimum Gasteiger partial charge on any atom is -0.478 e. The summed E-state index contributed by atoms with van der Waals surface area (Å²) in [5.74, 6) is -0.895. The highest BCUT2D eigenvalue weighted by atomic mass is 32.2. The average molecular weight is 286 g/mol. The zero-order valence-corrected chi connectivity index (χ0v) is 11.6. The maximum absolute atomic E-state index is 11.1. The molecule has 0 bridgehead atoms. The van der Waals surface area contributed by atoms with Crippen molar-refractivity contribution >= 4 is 17.7 Å². The van der Waals surface area contributed by atoms with Gasteiger partial charge in [0.1, 0.15) is 0 Å². The molecular formula is C16H14O3S. The van der Waals surface area contributed by atoms with Gasteiger partial charge in [0, 0.05) is 9.79 Å². The summed E-state index contributed by atoms with van der Waals surface area (Å²) in [5, 5.41) is 18.3. The van der Waals surface area contributed by atoms with E-state index in [1.165, 1.54) is 11.1 Å². The van der Waals surface area contributed by atoms with Gasteiger partial charge < -0.3 is 10.2 Å². The van der Waals surface area contributed by atoms with E-state index in [2.05, 4.69) is 0 Å². The molecule has 0 unspecified atom stereocenters. The molecule has 0 aromatic heterocycles. The quantitative estimate of drug-likeness (QED) is 0.890. The second-order valence-electron chi connectivity index (χ2n) is 4.83. The van der Waals surface area contributed by atoms with Crippen molar-refractivity contribution in [1.82, 2.24) is 0 Å². The van der Waals surface area contributed by atoms with Crippen LogP contribution in [0.5, 0.6) is 0 Å². The monoisotopic (exact) mass is 286 g/mol. The van der Waals surface area contributed by atoms with E-state index in [0.29, 0.717) is 5.56 Å². The summed E-state index contributed by atoms with van der Waals surface area (Å²) in [7, 11) is 0. The SMILES string of the molecule is O=C(O)c1ccc2c(c1)Sc1ccc(CO)cc1CC2. The maximum Gasteiger partial charge on any atom is 0.335 e. The molecule has 0 atom stereocenters. The molecule has 1 aliphatic heterocycles. The average Bonchev–Trinajstić information content (AvgIpc) is 2.64. The number of fused-ring (bicyclic) bond motifs is 2. The molecule has 2 aromatic rings. The zero-order valence-electron chi connectivity index (χ0n) is 10.8. The Labute approximate surface area is 121 Å². The normalized spacial score (nSPS) is 13.2. The topological polar surface area (TPSA) is 57.5 Å². The fraction of sp³-hybridized carbons (Fsp3) is 0.188. The van der Waals surface area contributed by atoms with Crippen LogP contribution in [0.2, 0.25) is 0 Å². The molecule has 1 heterocycles. The number of rotatable bonds is 2. The summed E-state index contributed by atoms with van der Waals surface area (Å²) in [6.07, 6.45) is 1.81. The van der Waals surface area contributed by atoms with Gasteiger partial charge in [-0.3, -0.25) is 0 Å². The Kier molecular flexibility index (Phi) is 3.51. The summed E-state index contributed by atoms with van der Waals surface area (Å²) >= 11 is 1.61. The minimum atomic E-state index is -0.895. The van der Waals surface area contributed by atoms with Gasteiger partial charge in [-0.15, -0.1) is 0 Å². The van der Waals surface area contributed by atoms with Crippen molar-refractivity contribution in [3.8, 4) is 0 Å². The van der Waals surface area contributed by atoms with E-state index in [0.717, 1.165) is 28.2 Å². The smallest absolute Gasteiger partial charge is 0.335 e. The fourth-order valence-corrected chi connectivity index (χ4v) is 3.56. The van der Waals surface area contributed by atoms with Crippen molar-refractivity contribution < 1.29 is 15.0 Å². The summed E-state index contributed by atoms with van der Waals surface area (Å²) < 4.78 is 0. The predicted molar refractivity (Wildman–Crippen MR) is 77.3 cm³/mol. The van der Waals surface area contributed by atoms with Crippen LogP contribution < -0.4 is 0 Å². The standard InChI is InChI=1S/C16H14O3S/c17-9-10-1-6-14-12(7-10)4-2-11-3-5-13(16(18)19)8-15(11)20-14/h1,3,5-8,17H,2,4,9H2,(H,18,19). The number of aliphatic hydroxyl groups is 1. The van der Waals surface area contributed by atoms with Crippen LogP contribution in [0.1, 0.15) is 27.0 Å². The van der Waals surface area contributed by atoms with E-state index < -0.39 is 5.97 Å². The Hall–Kier alpha value is -1.78. The van der Waals surface area contributed by atoms with Gasteiger partial charge in [-0.25, -0.2) is 4.79 Å². The van der Waals surface area contributed by atoms with E-state index in [1.807, 2.05) is 24.3 Å². The van der Waals surface area contributed by atoms with E-state index in [1.54, 1.807) is 23.9 Å². The number of aryl methyl sites for hydroxylation is 2. The lowest BCUT2D eigenvalue weighted by atomic mass is 10.0. The van der Waals surface area contributed by atoms with Gasteiger partial charge in [0.15, 0.2) is 0 Å². The van der Waals surface area contributed by atoms with E-state index in [9.17, 15) is 9.90 Å². The van der Waals surface area contributed by atoms with Gasteiger partial charge in [-0.05, 0) is 47.7 Å². The molecule has 20 heavy (non-hydrogen) atoms. The summed E-state index contributed by atoms with van der Waals surface area (Å²) in [4.78, 5) is 13.2. The zero-order chi connectivity index (χ0) is 14.1. The number of aromatic carboxylic acids is 1. The lowest BCUT2D eigenvalue weighted by Crippen LogP contribution is -1.98. The highest BCUT2D eigenvalue weighted by Gasteiger charge is 2.16. The molecule has 4 heteroatoms. The number of hydrogen-bond acceptors (Lipinski definition) is 3. The Bertz CT molecular complexity index is 679. The number of aliphatic hydroxyl groups excluding tert-OH is 1. The predicted octanol–water partition coefficient (Wildman–Crippen LogP) is 3.13. The van der Waals surface area contributed by atoms with Crippen LogP contribution in [0.15, 0.2) is 46.2 Å². The van der Waals surface area contributed by atoms with Crippen LogP contribution in [0.3, 0.4) is 0 Å². The van der Waals surface area contributed by atoms with Crippen molar-refractivity contribution in [1.29, 1.82) is 0 Å². The van der Waals surface area contributed by atoms with Crippen molar-refractivity contribution in [2.45, 2.75) is 29.2 Å². The van der Waals surface area contributed by atoms with Crippen LogP contribution in [-0.2, 0) is 19.4 Å². The van der Waals surface area contributed by atoms with Gasteiger partial charge in [-0.2, -0.15) is 0 Å². The lowest BCUT2D eigenvalue weighted by molar-refractivity contribution is 0.0696. The molecule has 1 aliphatic rings. The molecule has 3 rings (SSSR count). The van der Waals surface area contributed by atoms with Crippen molar-refractivity contribution in [3.05, 3.63) is 58.7 Å². The third-order valence-corrected chi connectivity index (χ3v) is 4.72. The van der Waals surface area contributed by atoms with Gasteiger partial charge in [0.25, 0.3) is 0 Å². The maximum atomic E-state index is 11.1. The molecular weight excluding hydrogens is 272 g/mol. The molecule has 0 saturated heterocycles. The second-order valence-corrected chi connectivity index (χ2v) is 5.91. The van der Waals surface area contributed by atoms with Crippen molar-refractivity contribution in [2.75, 3.05) is 0 Å². The number of carbonyl (C=O) groups is 1. The first-order chi connectivity index (χ1) is 9.67. The Morgan fingerprint density at radius 1 is 1.05 bits per heavy atom. The van der Waals surface area contributed by atoms with Crippen LogP contribution in [-0.4, -0.2) is 16.2 Å². The Balaban J connectivity index is 2.02. The number of carboxylic acid groups (broad SMARTS) is 1. The number of hydrogen-bond donors (Lipinski definition) is 2. The summed E-state index contributed by atoms with van der Waals surface area (Å²) in [6, 6.07) is 11.3. The van der Waals surface area contributed by atoms with Crippen LogP contribution in [0.4, 0.5) is 0 Å². The fourth-order valence-electron chi connectivity index (χ4n) is 2.40. The molecule has 0 fully saturated rings. The molecule has 2 N–H and O–H groups in total. The third kappa shape index (κ3) is 2.44. The largest absolute Gasteiger partial charge is 0.478 e. The van der Waals surface area contributed by atoms with Crippen LogP contribution in [0, 0.1) is 0 Å². The minimum absolute atomic E-state index is 0.0497. The highest BCUT2D eigenvalue weighted by Crippen LogP contribution is 2.37. The molecule has 0 aliphatic carbocycles. The Morgan fingerprint density at radius 2 is 1.85 bits per heavy atom. The van der Waals surface area contributed by atoms with Gasteiger partial charge in [0.2, 0.25) is 0 Å². The summed E-state index contributed by atoms with van der Waals surface area (Å²) in [6.45, 7) is 0.0497. The second kappa shape index (κ2) is 5.31. The van der Waals surface area contributed by atoms with Crippen molar-refractivity contribution in [3.63, 3.8) is 0 Å². The summed E-state index contributed by atoms with van der Waals surface area (Å²) in [5.41, 5.74) is 3.64. The third-order valence-electron chi connectivity index (χ3n) is 3.51. The lowest BCUT2D eigenvalue weighted by Gasteiger charge is -2.07. The Morgan fingerprint density at radius 3 is 2.60 bits per heavy atom. The number of benzene rings is 2. The molecule has 0 amide bonds. The van der Waals surface area contributed by atoms with E-state index >= 15 is 0 Å². The molecule has 0 radical (unpaired) electrons. The first kappa shape index (κ1) is 13.2. The first-order valence-electron chi connectivity index (χ1n) is 6.44.